The predicted octanol–water partition coefficient (Wildman–Crippen LogP) is 2.38. The van der Waals surface area contributed by atoms with Crippen LogP contribution in [-0.2, 0) is 16.1 Å². The van der Waals surface area contributed by atoms with Gasteiger partial charge in [0, 0.05) is 13.7 Å². The van der Waals surface area contributed by atoms with Gasteiger partial charge in [0.05, 0.1) is 12.6 Å². The lowest BCUT2D eigenvalue weighted by Crippen LogP contribution is -2.48. The van der Waals surface area contributed by atoms with E-state index in [2.05, 4.69) is 0 Å². The van der Waals surface area contributed by atoms with Crippen molar-refractivity contribution in [3.63, 3.8) is 0 Å². The fourth-order valence-electron chi connectivity index (χ4n) is 2.13. The molecule has 1 amide bonds. The van der Waals surface area contributed by atoms with Crippen LogP contribution in [0.15, 0.2) is 30.3 Å². The number of alkyl halides is 1. The summed E-state index contributed by atoms with van der Waals surface area (Å²) in [5.41, 5.74) is 0.916. The zero-order chi connectivity index (χ0) is 13.7. The van der Waals surface area contributed by atoms with Crippen molar-refractivity contribution in [1.82, 2.24) is 4.90 Å². The van der Waals surface area contributed by atoms with Gasteiger partial charge in [0.2, 0.25) is 0 Å². The van der Waals surface area contributed by atoms with E-state index in [1.165, 1.54) is 12.0 Å². The molecule has 0 aliphatic carbocycles. The third kappa shape index (κ3) is 3.67. The molecule has 0 bridgehead atoms. The number of ether oxygens (including phenoxy) is 2. The first-order valence-corrected chi connectivity index (χ1v) is 6.33. The van der Waals surface area contributed by atoms with Crippen molar-refractivity contribution in [1.29, 1.82) is 0 Å². The summed E-state index contributed by atoms with van der Waals surface area (Å²) in [6, 6.07) is 9.41. The van der Waals surface area contributed by atoms with Crippen molar-refractivity contribution in [2.24, 2.45) is 0 Å². The van der Waals surface area contributed by atoms with Crippen LogP contribution in [0, 0.1) is 0 Å². The Morgan fingerprint density at radius 1 is 1.42 bits per heavy atom. The van der Waals surface area contributed by atoms with Crippen molar-refractivity contribution < 1.29 is 18.7 Å². The Morgan fingerprint density at radius 3 is 2.79 bits per heavy atom. The van der Waals surface area contributed by atoms with Gasteiger partial charge < -0.3 is 14.4 Å². The molecule has 1 saturated heterocycles. The Labute approximate surface area is 112 Å². The first kappa shape index (κ1) is 13.8. The highest BCUT2D eigenvalue weighted by Crippen LogP contribution is 2.17. The molecule has 1 aliphatic rings. The van der Waals surface area contributed by atoms with Gasteiger partial charge in [-0.15, -0.1) is 0 Å². The third-order valence-electron chi connectivity index (χ3n) is 3.25. The standard InChI is InChI=1S/C14H18FNO3/c1-18-13-7-8-16(9-12(13)15)14(17)19-10-11-5-3-2-4-6-11/h2-6,12-13H,7-10H2,1H3/t12-,13+/m0/s1. The lowest BCUT2D eigenvalue weighted by Gasteiger charge is -2.33. The van der Waals surface area contributed by atoms with Gasteiger partial charge in [0.1, 0.15) is 12.8 Å². The molecule has 0 unspecified atom stereocenters. The summed E-state index contributed by atoms with van der Waals surface area (Å²) in [4.78, 5) is 13.2. The van der Waals surface area contributed by atoms with Crippen LogP contribution >= 0.6 is 0 Å². The molecule has 0 radical (unpaired) electrons. The Kier molecular flexibility index (Phi) is 4.74. The molecule has 1 aromatic rings. The van der Waals surface area contributed by atoms with Gasteiger partial charge in [-0.2, -0.15) is 0 Å². The second-order valence-corrected chi connectivity index (χ2v) is 4.57. The molecule has 1 heterocycles. The smallest absolute Gasteiger partial charge is 0.410 e. The van der Waals surface area contributed by atoms with Crippen LogP contribution in [0.3, 0.4) is 0 Å². The molecule has 0 saturated carbocycles. The number of methoxy groups -OCH3 is 1. The summed E-state index contributed by atoms with van der Waals surface area (Å²) in [5.74, 6) is 0. The van der Waals surface area contributed by atoms with Crippen LogP contribution in [0.2, 0.25) is 0 Å². The van der Waals surface area contributed by atoms with E-state index < -0.39 is 18.4 Å². The van der Waals surface area contributed by atoms with E-state index in [9.17, 15) is 9.18 Å². The van der Waals surface area contributed by atoms with E-state index in [0.717, 1.165) is 5.56 Å². The summed E-state index contributed by atoms with van der Waals surface area (Å²) in [7, 11) is 1.49. The number of hydrogen-bond acceptors (Lipinski definition) is 3. The van der Waals surface area contributed by atoms with Crippen molar-refractivity contribution in [3.05, 3.63) is 35.9 Å². The van der Waals surface area contributed by atoms with Crippen molar-refractivity contribution >= 4 is 6.09 Å². The van der Waals surface area contributed by atoms with Crippen LogP contribution in [0.4, 0.5) is 9.18 Å². The summed E-state index contributed by atoms with van der Waals surface area (Å²) >= 11 is 0. The molecule has 2 rings (SSSR count). The van der Waals surface area contributed by atoms with Gasteiger partial charge in [0.15, 0.2) is 0 Å². The monoisotopic (exact) mass is 267 g/mol. The Hall–Kier alpha value is -1.62. The van der Waals surface area contributed by atoms with E-state index in [1.807, 2.05) is 30.3 Å². The third-order valence-corrected chi connectivity index (χ3v) is 3.25. The lowest BCUT2D eigenvalue weighted by atomic mass is 10.1. The average Bonchev–Trinajstić information content (AvgIpc) is 2.45. The SMILES string of the molecule is CO[C@@H]1CCN(C(=O)OCc2ccccc2)C[C@@H]1F. The second kappa shape index (κ2) is 6.52. The molecule has 2 atom stereocenters. The fourth-order valence-corrected chi connectivity index (χ4v) is 2.13. The topological polar surface area (TPSA) is 38.8 Å². The van der Waals surface area contributed by atoms with Crippen LogP contribution in [0.25, 0.3) is 0 Å². The molecule has 1 aliphatic heterocycles. The number of hydrogen-bond donors (Lipinski definition) is 0. The van der Waals surface area contributed by atoms with E-state index >= 15 is 0 Å². The summed E-state index contributed by atoms with van der Waals surface area (Å²) in [6.45, 7) is 0.708. The number of benzene rings is 1. The number of carbonyl (C=O) groups excluding carboxylic acids is 1. The summed E-state index contributed by atoms with van der Waals surface area (Å²) < 4.78 is 23.8. The van der Waals surface area contributed by atoms with Crippen molar-refractivity contribution in [3.8, 4) is 0 Å². The van der Waals surface area contributed by atoms with Crippen molar-refractivity contribution in [2.75, 3.05) is 20.2 Å². The van der Waals surface area contributed by atoms with Gasteiger partial charge in [-0.25, -0.2) is 9.18 Å². The fraction of sp³-hybridized carbons (Fsp3) is 0.500. The Bertz CT molecular complexity index is 412. The zero-order valence-corrected chi connectivity index (χ0v) is 10.9. The highest BCUT2D eigenvalue weighted by molar-refractivity contribution is 5.67. The molecule has 5 heteroatoms. The molecular formula is C14H18FNO3. The van der Waals surface area contributed by atoms with E-state index in [1.54, 1.807) is 0 Å². The van der Waals surface area contributed by atoms with Crippen LogP contribution in [0.5, 0.6) is 0 Å². The molecule has 104 valence electrons. The van der Waals surface area contributed by atoms with Gasteiger partial charge in [0.25, 0.3) is 0 Å². The minimum Gasteiger partial charge on any atom is -0.445 e. The number of piperidine rings is 1. The Balaban J connectivity index is 1.81. The number of amides is 1. The average molecular weight is 267 g/mol. The number of halogens is 1. The van der Waals surface area contributed by atoms with Crippen LogP contribution < -0.4 is 0 Å². The number of likely N-dealkylation sites (tertiary alicyclic amines) is 1. The highest BCUT2D eigenvalue weighted by Gasteiger charge is 2.32. The maximum Gasteiger partial charge on any atom is 0.410 e. The van der Waals surface area contributed by atoms with Crippen LogP contribution in [0.1, 0.15) is 12.0 Å². The van der Waals surface area contributed by atoms with E-state index in [0.29, 0.717) is 13.0 Å². The molecule has 0 aromatic heterocycles. The minimum absolute atomic E-state index is 0.0339. The molecule has 1 aromatic carbocycles. The molecule has 19 heavy (non-hydrogen) atoms. The maximum absolute atomic E-state index is 13.6. The number of carbonyl (C=O) groups is 1. The second-order valence-electron chi connectivity index (χ2n) is 4.57. The van der Waals surface area contributed by atoms with E-state index in [4.69, 9.17) is 9.47 Å². The molecule has 0 spiro atoms. The summed E-state index contributed by atoms with van der Waals surface area (Å²) in [5, 5.41) is 0. The lowest BCUT2D eigenvalue weighted by molar-refractivity contribution is -0.0222. The van der Waals surface area contributed by atoms with Crippen LogP contribution in [-0.4, -0.2) is 43.5 Å². The molecule has 1 fully saturated rings. The molecular weight excluding hydrogens is 249 g/mol. The number of nitrogens with zero attached hydrogens (tertiary/aromatic N) is 1. The minimum atomic E-state index is -1.15. The predicted molar refractivity (Wildman–Crippen MR) is 68.5 cm³/mol. The van der Waals surface area contributed by atoms with Gasteiger partial charge in [-0.3, -0.25) is 0 Å². The summed E-state index contributed by atoms with van der Waals surface area (Å²) in [6.07, 6.45) is -1.54. The van der Waals surface area contributed by atoms with Gasteiger partial charge in [-0.1, -0.05) is 30.3 Å². The van der Waals surface area contributed by atoms with E-state index in [-0.39, 0.29) is 13.2 Å². The quantitative estimate of drug-likeness (QED) is 0.844. The molecule has 0 N–H and O–H groups in total. The Morgan fingerprint density at radius 2 is 2.16 bits per heavy atom. The molecule has 4 nitrogen and oxygen atoms in total. The maximum atomic E-state index is 13.6. The number of rotatable bonds is 3. The largest absolute Gasteiger partial charge is 0.445 e. The first-order chi connectivity index (χ1) is 9.20. The van der Waals surface area contributed by atoms with Gasteiger partial charge >= 0.3 is 6.09 Å². The zero-order valence-electron chi connectivity index (χ0n) is 10.9. The highest BCUT2D eigenvalue weighted by atomic mass is 19.1. The first-order valence-electron chi connectivity index (χ1n) is 6.33. The van der Waals surface area contributed by atoms with Gasteiger partial charge in [-0.05, 0) is 12.0 Å². The normalized spacial score (nSPS) is 23.2. The van der Waals surface area contributed by atoms with Crippen molar-refractivity contribution in [2.45, 2.75) is 25.3 Å².